The second-order valence-electron chi connectivity index (χ2n) is 7.05. The van der Waals surface area contributed by atoms with E-state index in [1.54, 1.807) is 12.5 Å². The molecule has 2 N–H and O–H groups in total. The first-order chi connectivity index (χ1) is 11.7. The summed E-state index contributed by atoms with van der Waals surface area (Å²) in [7, 11) is 0. The van der Waals surface area contributed by atoms with Crippen LogP contribution in [-0.4, -0.2) is 24.0 Å². The average Bonchev–Trinajstić information content (AvgIpc) is 3.26. The predicted octanol–water partition coefficient (Wildman–Crippen LogP) is 3.37. The topological polar surface area (TPSA) is 67.2 Å². The summed E-state index contributed by atoms with van der Waals surface area (Å²) in [5, 5.41) is 6.58. The minimum absolute atomic E-state index is 0.152. The number of aryl methyl sites for hydroxylation is 1. The van der Waals surface area contributed by atoms with Gasteiger partial charge >= 0.3 is 0 Å². The maximum atomic E-state index is 13.1. The molecule has 2 aromatic rings. The lowest BCUT2D eigenvalue weighted by Crippen LogP contribution is -2.44. The first-order valence-electron chi connectivity index (χ1n) is 8.72. The van der Waals surface area contributed by atoms with Crippen molar-refractivity contribution in [3.63, 3.8) is 0 Å². The Hall–Kier alpha value is -2.14. The Morgan fingerprint density at radius 3 is 3.17 bits per heavy atom. The van der Waals surface area contributed by atoms with E-state index < -0.39 is 0 Å². The van der Waals surface area contributed by atoms with Gasteiger partial charge < -0.3 is 15.1 Å². The Kier molecular flexibility index (Phi) is 3.88. The third kappa shape index (κ3) is 2.53. The van der Waals surface area contributed by atoms with Crippen LogP contribution in [-0.2, 0) is 4.79 Å². The number of nitrogens with one attached hydrogen (secondary N) is 2. The van der Waals surface area contributed by atoms with Crippen molar-refractivity contribution in [2.45, 2.75) is 32.6 Å². The molecular weight excluding hydrogens is 302 g/mol. The lowest BCUT2D eigenvalue weighted by Gasteiger charge is -2.37. The lowest BCUT2D eigenvalue weighted by atomic mass is 9.67. The van der Waals surface area contributed by atoms with Crippen molar-refractivity contribution >= 4 is 11.6 Å². The first kappa shape index (κ1) is 15.4. The summed E-state index contributed by atoms with van der Waals surface area (Å²) < 4.78 is 5.41. The van der Waals surface area contributed by atoms with Crippen LogP contribution in [0.5, 0.6) is 0 Å². The van der Waals surface area contributed by atoms with Crippen LogP contribution in [0.3, 0.4) is 0 Å². The van der Waals surface area contributed by atoms with Crippen molar-refractivity contribution in [3.05, 3.63) is 36.2 Å². The molecule has 2 heterocycles. The van der Waals surface area contributed by atoms with Crippen molar-refractivity contribution in [2.75, 3.05) is 18.4 Å². The fraction of sp³-hybridized carbons (Fsp3) is 0.474. The molecule has 1 saturated heterocycles. The summed E-state index contributed by atoms with van der Waals surface area (Å²) in [6.45, 7) is 3.77. The van der Waals surface area contributed by atoms with E-state index in [1.165, 1.54) is 6.42 Å². The SMILES string of the molecule is Cc1ccc(NC(=O)[C@@]23CCCC[C@H]2CNC3)cc1-c1ncco1. The Morgan fingerprint density at radius 1 is 1.42 bits per heavy atom. The second-order valence-corrected chi connectivity index (χ2v) is 7.05. The minimum Gasteiger partial charge on any atom is -0.445 e. The summed E-state index contributed by atoms with van der Waals surface area (Å²) in [5.74, 6) is 1.20. The number of amides is 1. The zero-order chi connectivity index (χ0) is 16.6. The number of aromatic nitrogens is 1. The highest BCUT2D eigenvalue weighted by Gasteiger charge is 2.49. The van der Waals surface area contributed by atoms with Gasteiger partial charge in [-0.05, 0) is 49.9 Å². The molecule has 0 radical (unpaired) electrons. The number of nitrogens with zero attached hydrogens (tertiary/aromatic N) is 1. The molecule has 0 unspecified atom stereocenters. The highest BCUT2D eigenvalue weighted by molar-refractivity contribution is 5.96. The van der Waals surface area contributed by atoms with Gasteiger partial charge in [-0.15, -0.1) is 0 Å². The minimum atomic E-state index is -0.244. The fourth-order valence-electron chi connectivity index (χ4n) is 4.23. The molecule has 126 valence electrons. The molecule has 1 aliphatic heterocycles. The standard InChI is InChI=1S/C19H23N3O2/c1-13-5-6-15(10-16(13)17-21-8-9-24-17)22-18(23)19-7-3-2-4-14(19)11-20-12-19/h5-6,8-10,14,20H,2-4,7,11-12H2,1H3,(H,22,23)/t14-,19+/m0/s1. The van der Waals surface area contributed by atoms with Crippen LogP contribution in [0.15, 0.2) is 35.1 Å². The number of carbonyl (C=O) groups excluding carboxylic acids is 1. The van der Waals surface area contributed by atoms with Crippen LogP contribution >= 0.6 is 0 Å². The van der Waals surface area contributed by atoms with Crippen LogP contribution in [0.25, 0.3) is 11.5 Å². The van der Waals surface area contributed by atoms with Gasteiger partial charge in [-0.1, -0.05) is 18.9 Å². The van der Waals surface area contributed by atoms with Crippen molar-refractivity contribution in [3.8, 4) is 11.5 Å². The molecular formula is C19H23N3O2. The van der Waals surface area contributed by atoms with Crippen LogP contribution in [0.2, 0.25) is 0 Å². The monoisotopic (exact) mass is 325 g/mol. The molecule has 1 amide bonds. The van der Waals surface area contributed by atoms with Crippen molar-refractivity contribution in [1.29, 1.82) is 0 Å². The van der Waals surface area contributed by atoms with E-state index in [1.807, 2.05) is 25.1 Å². The number of oxazole rings is 1. The maximum absolute atomic E-state index is 13.1. The van der Waals surface area contributed by atoms with E-state index in [9.17, 15) is 4.79 Å². The van der Waals surface area contributed by atoms with Gasteiger partial charge in [0.25, 0.3) is 0 Å². The van der Waals surface area contributed by atoms with E-state index >= 15 is 0 Å². The third-order valence-corrected chi connectivity index (χ3v) is 5.65. The Morgan fingerprint density at radius 2 is 2.33 bits per heavy atom. The van der Waals surface area contributed by atoms with Gasteiger partial charge in [0.1, 0.15) is 6.26 Å². The molecule has 1 saturated carbocycles. The second kappa shape index (κ2) is 6.06. The van der Waals surface area contributed by atoms with Gasteiger partial charge in [-0.3, -0.25) is 4.79 Å². The van der Waals surface area contributed by atoms with E-state index in [0.717, 1.165) is 49.2 Å². The summed E-state index contributed by atoms with van der Waals surface area (Å²) in [6.07, 6.45) is 7.71. The maximum Gasteiger partial charge on any atom is 0.232 e. The summed E-state index contributed by atoms with van der Waals surface area (Å²) >= 11 is 0. The number of hydrogen-bond donors (Lipinski definition) is 2. The number of anilines is 1. The van der Waals surface area contributed by atoms with E-state index in [2.05, 4.69) is 15.6 Å². The van der Waals surface area contributed by atoms with Crippen LogP contribution in [0.4, 0.5) is 5.69 Å². The number of hydrogen-bond acceptors (Lipinski definition) is 4. The van der Waals surface area contributed by atoms with Gasteiger partial charge in [0.15, 0.2) is 0 Å². The molecule has 0 bridgehead atoms. The van der Waals surface area contributed by atoms with E-state index in [0.29, 0.717) is 11.8 Å². The molecule has 1 aromatic heterocycles. The van der Waals surface area contributed by atoms with Crippen molar-refractivity contribution in [1.82, 2.24) is 10.3 Å². The predicted molar refractivity (Wildman–Crippen MR) is 92.6 cm³/mol. The quantitative estimate of drug-likeness (QED) is 0.908. The van der Waals surface area contributed by atoms with Crippen molar-refractivity contribution in [2.24, 2.45) is 11.3 Å². The number of carbonyl (C=O) groups is 1. The molecule has 2 atom stereocenters. The zero-order valence-electron chi connectivity index (χ0n) is 14.0. The highest BCUT2D eigenvalue weighted by Crippen LogP contribution is 2.44. The van der Waals surface area contributed by atoms with E-state index in [-0.39, 0.29) is 11.3 Å². The zero-order valence-corrected chi connectivity index (χ0v) is 14.0. The van der Waals surface area contributed by atoms with Gasteiger partial charge in [0, 0.05) is 17.8 Å². The summed E-state index contributed by atoms with van der Waals surface area (Å²) in [4.78, 5) is 17.3. The highest BCUT2D eigenvalue weighted by atomic mass is 16.3. The molecule has 1 aliphatic carbocycles. The average molecular weight is 325 g/mol. The molecule has 2 aliphatic rings. The smallest absolute Gasteiger partial charge is 0.232 e. The molecule has 4 rings (SSSR count). The fourth-order valence-corrected chi connectivity index (χ4v) is 4.23. The largest absolute Gasteiger partial charge is 0.445 e. The summed E-state index contributed by atoms with van der Waals surface area (Å²) in [5.41, 5.74) is 2.56. The molecule has 5 nitrogen and oxygen atoms in total. The van der Waals surface area contributed by atoms with Gasteiger partial charge in [-0.2, -0.15) is 0 Å². The van der Waals surface area contributed by atoms with E-state index in [4.69, 9.17) is 4.42 Å². The molecule has 24 heavy (non-hydrogen) atoms. The Labute approximate surface area is 141 Å². The number of rotatable bonds is 3. The Balaban J connectivity index is 1.59. The number of benzene rings is 1. The molecule has 2 fully saturated rings. The number of fused-ring (bicyclic) bond motifs is 1. The molecule has 1 aromatic carbocycles. The van der Waals surface area contributed by atoms with Crippen LogP contribution in [0.1, 0.15) is 31.2 Å². The summed E-state index contributed by atoms with van der Waals surface area (Å²) in [6, 6.07) is 5.91. The molecule has 5 heteroatoms. The van der Waals surface area contributed by atoms with Crippen LogP contribution in [0, 0.1) is 18.3 Å². The molecule has 0 spiro atoms. The Bertz CT molecular complexity index is 741. The first-order valence-corrected chi connectivity index (χ1v) is 8.72. The van der Waals surface area contributed by atoms with Gasteiger partial charge in [0.05, 0.1) is 11.6 Å². The normalized spacial score (nSPS) is 26.1. The van der Waals surface area contributed by atoms with Crippen LogP contribution < -0.4 is 10.6 Å². The lowest BCUT2D eigenvalue weighted by molar-refractivity contribution is -0.128. The third-order valence-electron chi connectivity index (χ3n) is 5.65. The van der Waals surface area contributed by atoms with Crippen molar-refractivity contribution < 1.29 is 9.21 Å². The van der Waals surface area contributed by atoms with Gasteiger partial charge in [-0.25, -0.2) is 4.98 Å². The van der Waals surface area contributed by atoms with Gasteiger partial charge in [0.2, 0.25) is 11.8 Å².